The summed E-state index contributed by atoms with van der Waals surface area (Å²) in [6.45, 7) is 0.376. The fraction of sp³-hybridized carbons (Fsp3) is 0.222. The van der Waals surface area contributed by atoms with Crippen molar-refractivity contribution >= 4 is 11.6 Å². The van der Waals surface area contributed by atoms with Gasteiger partial charge in [0, 0.05) is 25.4 Å². The van der Waals surface area contributed by atoms with Crippen LogP contribution in [0.5, 0.6) is 0 Å². The minimum Gasteiger partial charge on any atom is -0.334 e. The Morgan fingerprint density at radius 1 is 1.15 bits per heavy atom. The van der Waals surface area contributed by atoms with Crippen LogP contribution in [0.4, 0.5) is 13.2 Å². The molecule has 0 radical (unpaired) electrons. The second kappa shape index (κ2) is 6.19. The van der Waals surface area contributed by atoms with Gasteiger partial charge in [-0.2, -0.15) is 13.2 Å². The molecule has 27 heavy (non-hydrogen) atoms. The van der Waals surface area contributed by atoms with E-state index >= 15 is 0 Å². The van der Waals surface area contributed by atoms with Crippen LogP contribution in [-0.4, -0.2) is 31.7 Å². The van der Waals surface area contributed by atoms with E-state index < -0.39 is 17.8 Å². The van der Waals surface area contributed by atoms with Crippen molar-refractivity contribution in [1.29, 1.82) is 0 Å². The monoisotopic (exact) mass is 374 g/mol. The molecular weight excluding hydrogens is 361 g/mol. The number of aromatic nitrogens is 3. The summed E-state index contributed by atoms with van der Waals surface area (Å²) in [4.78, 5) is 34.5. The molecule has 0 unspecified atom stereocenters. The van der Waals surface area contributed by atoms with Gasteiger partial charge in [-0.15, -0.1) is 0 Å². The fourth-order valence-corrected chi connectivity index (χ4v) is 3.09. The molecule has 0 N–H and O–H groups in total. The van der Waals surface area contributed by atoms with Gasteiger partial charge in [0.25, 0.3) is 11.5 Å². The zero-order valence-electron chi connectivity index (χ0n) is 13.9. The van der Waals surface area contributed by atoms with Gasteiger partial charge in [0.2, 0.25) is 0 Å². The van der Waals surface area contributed by atoms with E-state index in [0.29, 0.717) is 29.9 Å². The maximum absolute atomic E-state index is 12.7. The van der Waals surface area contributed by atoms with Crippen LogP contribution in [0.1, 0.15) is 27.3 Å². The summed E-state index contributed by atoms with van der Waals surface area (Å²) in [6.07, 6.45) is -1.65. The molecule has 0 aliphatic carbocycles. The van der Waals surface area contributed by atoms with Crippen LogP contribution in [-0.2, 0) is 19.1 Å². The lowest BCUT2D eigenvalue weighted by Gasteiger charge is -2.28. The molecule has 6 nitrogen and oxygen atoms in total. The lowest BCUT2D eigenvalue weighted by atomic mass is 10.1. The highest BCUT2D eigenvalue weighted by Crippen LogP contribution is 2.27. The number of hydrogen-bond donors (Lipinski definition) is 0. The lowest BCUT2D eigenvalue weighted by molar-refractivity contribution is -0.141. The van der Waals surface area contributed by atoms with Gasteiger partial charge in [-0.3, -0.25) is 19.0 Å². The summed E-state index contributed by atoms with van der Waals surface area (Å²) < 4.78 is 39.2. The normalized spacial score (nSPS) is 14.3. The fourth-order valence-electron chi connectivity index (χ4n) is 3.09. The SMILES string of the molecule is O=C(c1ccc(C(F)(F)F)nc1)N1CCc2nc3ccccn3c(=O)c2C1. The first-order chi connectivity index (χ1) is 12.8. The van der Waals surface area contributed by atoms with Crippen molar-refractivity contribution < 1.29 is 18.0 Å². The highest BCUT2D eigenvalue weighted by molar-refractivity contribution is 5.94. The number of amides is 1. The molecule has 4 rings (SSSR count). The van der Waals surface area contributed by atoms with Crippen molar-refractivity contribution in [2.24, 2.45) is 0 Å². The molecule has 3 aromatic rings. The molecule has 0 bridgehead atoms. The summed E-state index contributed by atoms with van der Waals surface area (Å²) in [5.41, 5.74) is 0.322. The molecule has 138 valence electrons. The number of rotatable bonds is 1. The summed E-state index contributed by atoms with van der Waals surface area (Å²) in [5, 5.41) is 0. The third kappa shape index (κ3) is 3.05. The van der Waals surface area contributed by atoms with Crippen molar-refractivity contribution in [3.8, 4) is 0 Å². The van der Waals surface area contributed by atoms with Crippen LogP contribution in [0, 0.1) is 0 Å². The van der Waals surface area contributed by atoms with Gasteiger partial charge in [0.05, 0.1) is 23.4 Å². The van der Waals surface area contributed by atoms with Crippen LogP contribution in [0.3, 0.4) is 0 Å². The number of fused-ring (bicyclic) bond motifs is 2. The zero-order chi connectivity index (χ0) is 19.2. The molecular formula is C18H13F3N4O2. The lowest BCUT2D eigenvalue weighted by Crippen LogP contribution is -2.40. The highest BCUT2D eigenvalue weighted by atomic mass is 19.4. The van der Waals surface area contributed by atoms with E-state index in [-0.39, 0.29) is 17.7 Å². The standard InChI is InChI=1S/C18H13F3N4O2/c19-18(20,21)14-5-4-11(9-22-14)16(26)24-8-6-13-12(10-24)17(27)25-7-2-1-3-15(25)23-13/h1-5,7,9H,6,8,10H2. The minimum atomic E-state index is -4.56. The van der Waals surface area contributed by atoms with Gasteiger partial charge in [0.15, 0.2) is 0 Å². The Morgan fingerprint density at radius 2 is 1.96 bits per heavy atom. The second-order valence-electron chi connectivity index (χ2n) is 6.18. The predicted octanol–water partition coefficient (Wildman–Crippen LogP) is 2.31. The number of hydrogen-bond acceptors (Lipinski definition) is 4. The first kappa shape index (κ1) is 17.2. The van der Waals surface area contributed by atoms with Gasteiger partial charge in [-0.25, -0.2) is 4.98 Å². The number of carbonyl (C=O) groups excluding carboxylic acids is 1. The Morgan fingerprint density at radius 3 is 2.67 bits per heavy atom. The topological polar surface area (TPSA) is 67.6 Å². The largest absolute Gasteiger partial charge is 0.433 e. The van der Waals surface area contributed by atoms with Crippen LogP contribution in [0.25, 0.3) is 5.65 Å². The van der Waals surface area contributed by atoms with Crippen molar-refractivity contribution in [2.45, 2.75) is 19.1 Å². The third-order valence-electron chi connectivity index (χ3n) is 4.47. The van der Waals surface area contributed by atoms with Crippen molar-refractivity contribution in [1.82, 2.24) is 19.3 Å². The molecule has 0 saturated heterocycles. The van der Waals surface area contributed by atoms with E-state index in [2.05, 4.69) is 9.97 Å². The summed E-state index contributed by atoms with van der Waals surface area (Å²) in [5.74, 6) is -0.473. The van der Waals surface area contributed by atoms with Crippen molar-refractivity contribution in [3.63, 3.8) is 0 Å². The van der Waals surface area contributed by atoms with E-state index in [4.69, 9.17) is 0 Å². The molecule has 0 aromatic carbocycles. The summed E-state index contributed by atoms with van der Waals surface area (Å²) >= 11 is 0. The number of pyridine rings is 2. The first-order valence-electron chi connectivity index (χ1n) is 8.16. The average Bonchev–Trinajstić information content (AvgIpc) is 2.67. The minimum absolute atomic E-state index is 0.0419. The van der Waals surface area contributed by atoms with Crippen molar-refractivity contribution in [3.05, 3.63) is 75.6 Å². The van der Waals surface area contributed by atoms with Gasteiger partial charge < -0.3 is 4.90 Å². The van der Waals surface area contributed by atoms with E-state index in [9.17, 15) is 22.8 Å². The Kier molecular flexibility index (Phi) is 3.94. The molecule has 0 atom stereocenters. The number of carbonyl (C=O) groups is 1. The third-order valence-corrected chi connectivity index (χ3v) is 4.47. The van der Waals surface area contributed by atoms with Gasteiger partial charge >= 0.3 is 6.18 Å². The smallest absolute Gasteiger partial charge is 0.334 e. The quantitative estimate of drug-likeness (QED) is 0.656. The molecule has 0 saturated carbocycles. The Bertz CT molecular complexity index is 1090. The van der Waals surface area contributed by atoms with E-state index in [0.717, 1.165) is 18.3 Å². The Balaban J connectivity index is 1.63. The van der Waals surface area contributed by atoms with Crippen LogP contribution < -0.4 is 5.56 Å². The first-order valence-corrected chi connectivity index (χ1v) is 8.16. The maximum atomic E-state index is 12.7. The highest BCUT2D eigenvalue weighted by Gasteiger charge is 2.33. The van der Waals surface area contributed by atoms with Gasteiger partial charge in [-0.1, -0.05) is 6.07 Å². The van der Waals surface area contributed by atoms with E-state index in [1.54, 1.807) is 24.4 Å². The Hall–Kier alpha value is -3.23. The number of nitrogens with zero attached hydrogens (tertiary/aromatic N) is 4. The molecule has 0 spiro atoms. The second-order valence-corrected chi connectivity index (χ2v) is 6.18. The summed E-state index contributed by atoms with van der Waals surface area (Å²) in [6, 6.07) is 7.09. The van der Waals surface area contributed by atoms with Crippen molar-refractivity contribution in [2.75, 3.05) is 6.54 Å². The Labute approximate surface area is 150 Å². The van der Waals surface area contributed by atoms with Gasteiger partial charge in [-0.05, 0) is 24.3 Å². The van der Waals surface area contributed by atoms with Crippen LogP contribution >= 0.6 is 0 Å². The van der Waals surface area contributed by atoms with Crippen LogP contribution in [0.2, 0.25) is 0 Å². The zero-order valence-corrected chi connectivity index (χ0v) is 13.9. The molecule has 9 heteroatoms. The molecule has 4 heterocycles. The maximum Gasteiger partial charge on any atom is 0.433 e. The van der Waals surface area contributed by atoms with Crippen LogP contribution in [0.15, 0.2) is 47.5 Å². The predicted molar refractivity (Wildman–Crippen MR) is 89.1 cm³/mol. The molecule has 1 amide bonds. The molecule has 1 aliphatic rings. The molecule has 0 fully saturated rings. The summed E-state index contributed by atoms with van der Waals surface area (Å²) in [7, 11) is 0. The van der Waals surface area contributed by atoms with E-state index in [1.807, 2.05) is 0 Å². The number of halogens is 3. The molecule has 1 aliphatic heterocycles. The van der Waals surface area contributed by atoms with Gasteiger partial charge in [0.1, 0.15) is 11.3 Å². The number of alkyl halides is 3. The molecule has 3 aromatic heterocycles. The average molecular weight is 374 g/mol. The van der Waals surface area contributed by atoms with E-state index in [1.165, 1.54) is 9.30 Å².